The molecule has 0 aliphatic rings. The van der Waals surface area contributed by atoms with Crippen LogP contribution in [0.15, 0.2) is 127 Å². The molecular weight excluding hydrogens is 803 g/mol. The molecule has 0 saturated carbocycles. The van der Waals surface area contributed by atoms with Gasteiger partial charge in [-0.3, -0.25) is 8.78 Å². The highest BCUT2D eigenvalue weighted by molar-refractivity contribution is 5.87. The summed E-state index contributed by atoms with van der Waals surface area (Å²) in [6, 6.07) is 26.9. The fourth-order valence-corrected chi connectivity index (χ4v) is 5.96. The number of halogens is 6. The number of hydrogen-bond acceptors (Lipinski definition) is 8. The Morgan fingerprint density at radius 3 is 1.36 bits per heavy atom. The third kappa shape index (κ3) is 13.9. The predicted molar refractivity (Wildman–Crippen MR) is 221 cm³/mol. The van der Waals surface area contributed by atoms with Gasteiger partial charge in [0.25, 0.3) is 0 Å². The van der Waals surface area contributed by atoms with Crippen molar-refractivity contribution in [3.8, 4) is 11.5 Å². The van der Waals surface area contributed by atoms with Crippen molar-refractivity contribution in [2.45, 2.75) is 43.8 Å². The largest absolute Gasteiger partial charge is 0.462 e. The van der Waals surface area contributed by atoms with Crippen molar-refractivity contribution < 1.29 is 54.9 Å². The average Bonchev–Trinajstić information content (AvgIpc) is 3.25. The molecule has 5 aromatic carbocycles. The minimum Gasteiger partial charge on any atom is -0.462 e. The highest BCUT2D eigenvalue weighted by Gasteiger charge is 2.35. The summed E-state index contributed by atoms with van der Waals surface area (Å²) >= 11 is 0. The molecule has 0 unspecified atom stereocenters. The van der Waals surface area contributed by atoms with Gasteiger partial charge >= 0.3 is 24.2 Å². The van der Waals surface area contributed by atoms with Gasteiger partial charge in [0.05, 0.1) is 30.4 Å². The van der Waals surface area contributed by atoms with Crippen LogP contribution < -0.4 is 20.9 Å². The standard InChI is InChI=1S/C47H44F6N2O6/c48-27-1-3-32-5-15-37(16-6-32)46(50,51)60-40-20-9-34(10-21-40)13-25-44(56)58-30-36(42-24-19-39(54)29-43(42)55)31-59-45(57)26-14-35-11-22-41(23-12-35)61-47(52,53)38-17-7-33(8-18-38)4-2-28-49/h5-26,29,36H,1-4,27-28,30-31,54-55H2/b25-13+,26-14+. The van der Waals surface area contributed by atoms with E-state index < -0.39 is 43.4 Å². The van der Waals surface area contributed by atoms with Crippen molar-refractivity contribution in [3.05, 3.63) is 166 Å². The molecule has 61 heavy (non-hydrogen) atoms. The first kappa shape index (κ1) is 45.4. The van der Waals surface area contributed by atoms with Crippen LogP contribution in [0.1, 0.15) is 57.7 Å². The van der Waals surface area contributed by atoms with Gasteiger partial charge in [-0.25, -0.2) is 9.59 Å². The molecular formula is C47H44F6N2O6. The van der Waals surface area contributed by atoms with Crippen LogP contribution in [0.3, 0.4) is 0 Å². The van der Waals surface area contributed by atoms with Crippen LogP contribution in [0.4, 0.5) is 37.7 Å². The van der Waals surface area contributed by atoms with Crippen LogP contribution in [0.25, 0.3) is 12.2 Å². The summed E-state index contributed by atoms with van der Waals surface area (Å²) in [4.78, 5) is 25.4. The average molecular weight is 847 g/mol. The zero-order chi connectivity index (χ0) is 43.8. The van der Waals surface area contributed by atoms with E-state index in [1.165, 1.54) is 115 Å². The van der Waals surface area contributed by atoms with Crippen molar-refractivity contribution in [2.75, 3.05) is 38.0 Å². The maximum absolute atomic E-state index is 14.8. The Balaban J connectivity index is 1.13. The van der Waals surface area contributed by atoms with E-state index in [1.807, 2.05) is 0 Å². The summed E-state index contributed by atoms with van der Waals surface area (Å²) in [5.74, 6) is -2.43. The SMILES string of the molecule is Nc1ccc(C(COC(=O)/C=C/c2ccc(OC(F)(F)c3ccc(CCCF)cc3)cc2)COC(=O)/C=C/c2ccc(OC(F)(F)c3ccc(CCCF)cc3)cc2)c(N)c1. The lowest BCUT2D eigenvalue weighted by Crippen LogP contribution is -2.21. The van der Waals surface area contributed by atoms with Gasteiger partial charge in [-0.1, -0.05) is 54.6 Å². The Labute approximate surface area is 349 Å². The van der Waals surface area contributed by atoms with Crippen molar-refractivity contribution >= 4 is 35.5 Å². The molecule has 0 fully saturated rings. The van der Waals surface area contributed by atoms with Crippen LogP contribution >= 0.6 is 0 Å². The summed E-state index contributed by atoms with van der Waals surface area (Å²) in [5.41, 5.74) is 14.9. The van der Waals surface area contributed by atoms with Crippen LogP contribution in [0.5, 0.6) is 11.5 Å². The van der Waals surface area contributed by atoms with Gasteiger partial charge in [0.2, 0.25) is 0 Å². The molecule has 0 bridgehead atoms. The first-order valence-corrected chi connectivity index (χ1v) is 19.2. The Morgan fingerprint density at radius 2 is 0.984 bits per heavy atom. The zero-order valence-corrected chi connectivity index (χ0v) is 32.9. The van der Waals surface area contributed by atoms with Crippen LogP contribution in [0, 0.1) is 0 Å². The highest BCUT2D eigenvalue weighted by Crippen LogP contribution is 2.34. The van der Waals surface area contributed by atoms with Crippen LogP contribution in [-0.4, -0.2) is 38.5 Å². The van der Waals surface area contributed by atoms with Gasteiger partial charge in [0.15, 0.2) is 0 Å². The lowest BCUT2D eigenvalue weighted by Gasteiger charge is -2.19. The van der Waals surface area contributed by atoms with Crippen LogP contribution in [-0.2, 0) is 44.1 Å². The molecule has 5 rings (SSSR count). The fourth-order valence-electron chi connectivity index (χ4n) is 5.96. The molecule has 0 aliphatic heterocycles. The Morgan fingerprint density at radius 1 is 0.574 bits per heavy atom. The molecule has 0 spiro atoms. The maximum Gasteiger partial charge on any atom is 0.426 e. The summed E-state index contributed by atoms with van der Waals surface area (Å²) in [6.45, 7) is -1.48. The first-order chi connectivity index (χ1) is 29.2. The Kier molecular flexibility index (Phi) is 16.0. The number of benzene rings is 5. The number of hydrogen-bond donors (Lipinski definition) is 2. The smallest absolute Gasteiger partial charge is 0.426 e. The molecule has 5 aromatic rings. The molecule has 0 saturated heterocycles. The third-order valence-electron chi connectivity index (χ3n) is 9.26. The first-order valence-electron chi connectivity index (χ1n) is 19.2. The van der Waals surface area contributed by atoms with Crippen molar-refractivity contribution in [2.24, 2.45) is 0 Å². The molecule has 14 heteroatoms. The van der Waals surface area contributed by atoms with Gasteiger partial charge in [-0.15, -0.1) is 0 Å². The molecule has 0 amide bonds. The zero-order valence-electron chi connectivity index (χ0n) is 32.9. The summed E-state index contributed by atoms with van der Waals surface area (Å²) < 4.78 is 105. The summed E-state index contributed by atoms with van der Waals surface area (Å²) in [7, 11) is 0. The number of anilines is 2. The van der Waals surface area contributed by atoms with E-state index in [4.69, 9.17) is 30.4 Å². The molecule has 0 atom stereocenters. The minimum absolute atomic E-state index is 0.114. The van der Waals surface area contributed by atoms with Gasteiger partial charge in [0, 0.05) is 23.5 Å². The van der Waals surface area contributed by atoms with E-state index >= 15 is 0 Å². The van der Waals surface area contributed by atoms with Crippen molar-refractivity contribution in [1.82, 2.24) is 0 Å². The second-order valence-electron chi connectivity index (χ2n) is 13.9. The number of carbonyl (C=O) groups is 2. The van der Waals surface area contributed by atoms with E-state index in [-0.39, 0.29) is 41.5 Å². The molecule has 4 N–H and O–H groups in total. The number of esters is 2. The Bertz CT molecular complexity index is 2110. The number of rotatable bonds is 21. The number of alkyl halides is 6. The van der Waals surface area contributed by atoms with Crippen LogP contribution in [0.2, 0.25) is 0 Å². The number of carbonyl (C=O) groups excluding carboxylic acids is 2. The maximum atomic E-state index is 14.8. The molecule has 320 valence electrons. The monoisotopic (exact) mass is 846 g/mol. The quantitative estimate of drug-likeness (QED) is 0.0324. The highest BCUT2D eigenvalue weighted by atomic mass is 19.3. The normalized spacial score (nSPS) is 11.9. The van der Waals surface area contributed by atoms with E-state index in [0.717, 1.165) is 23.3 Å². The number of nitrogens with two attached hydrogens (primary N) is 2. The van der Waals surface area contributed by atoms with Gasteiger partial charge in [-0.05, 0) is 126 Å². The Hall–Kier alpha value is -6.70. The fraction of sp³-hybridized carbons (Fsp3) is 0.234. The van der Waals surface area contributed by atoms with E-state index in [2.05, 4.69) is 0 Å². The van der Waals surface area contributed by atoms with Crippen molar-refractivity contribution in [3.63, 3.8) is 0 Å². The van der Waals surface area contributed by atoms with E-state index in [9.17, 15) is 35.9 Å². The van der Waals surface area contributed by atoms with Crippen molar-refractivity contribution in [1.29, 1.82) is 0 Å². The lowest BCUT2D eigenvalue weighted by atomic mass is 9.98. The molecule has 8 nitrogen and oxygen atoms in total. The predicted octanol–water partition coefficient (Wildman–Crippen LogP) is 10.5. The van der Waals surface area contributed by atoms with Gasteiger partial charge in [0.1, 0.15) is 24.7 Å². The number of ether oxygens (including phenoxy) is 4. The topological polar surface area (TPSA) is 123 Å². The van der Waals surface area contributed by atoms with Gasteiger partial charge < -0.3 is 30.4 Å². The molecule has 0 heterocycles. The number of nitrogen functional groups attached to an aromatic ring is 2. The second-order valence-corrected chi connectivity index (χ2v) is 13.9. The second kappa shape index (κ2) is 21.5. The number of aryl methyl sites for hydroxylation is 2. The summed E-state index contributed by atoms with van der Waals surface area (Å²) in [6.07, 6.45) is -0.657. The molecule has 0 aromatic heterocycles. The van der Waals surface area contributed by atoms with E-state index in [0.29, 0.717) is 48.1 Å². The van der Waals surface area contributed by atoms with E-state index in [1.54, 1.807) is 12.1 Å². The third-order valence-corrected chi connectivity index (χ3v) is 9.26. The molecule has 0 radical (unpaired) electrons. The lowest BCUT2D eigenvalue weighted by molar-refractivity contribution is -0.186. The van der Waals surface area contributed by atoms with Gasteiger partial charge in [-0.2, -0.15) is 17.6 Å². The molecule has 0 aliphatic carbocycles. The minimum atomic E-state index is -3.63. The summed E-state index contributed by atoms with van der Waals surface area (Å²) in [5, 5.41) is 0.